The Morgan fingerprint density at radius 3 is 2.35 bits per heavy atom. The molecule has 1 N–H and O–H groups in total. The van der Waals surface area contributed by atoms with Gasteiger partial charge >= 0.3 is 0 Å². The highest BCUT2D eigenvalue weighted by molar-refractivity contribution is 6.08. The number of non-ortho nitro benzene ring substituents is 1. The summed E-state index contributed by atoms with van der Waals surface area (Å²) >= 11 is 0. The number of hydrogen-bond acceptors (Lipinski definition) is 5. The molecule has 0 spiro atoms. The van der Waals surface area contributed by atoms with E-state index in [1.165, 1.54) is 12.1 Å². The number of para-hydroxylation sites is 1. The van der Waals surface area contributed by atoms with Crippen LogP contribution in [-0.2, 0) is 0 Å². The van der Waals surface area contributed by atoms with Crippen LogP contribution in [0.4, 0.5) is 5.69 Å². The van der Waals surface area contributed by atoms with E-state index >= 15 is 0 Å². The van der Waals surface area contributed by atoms with Crippen LogP contribution < -0.4 is 5.43 Å². The summed E-state index contributed by atoms with van der Waals surface area (Å²) in [7, 11) is 0. The fourth-order valence-corrected chi connectivity index (χ4v) is 3.20. The van der Waals surface area contributed by atoms with Gasteiger partial charge in [0, 0.05) is 23.1 Å². The van der Waals surface area contributed by atoms with E-state index in [4.69, 9.17) is 0 Å². The lowest BCUT2D eigenvalue weighted by atomic mass is 10.0. The van der Waals surface area contributed by atoms with Gasteiger partial charge in [0.1, 0.15) is 0 Å². The molecule has 0 saturated carbocycles. The Morgan fingerprint density at radius 1 is 0.968 bits per heavy atom. The maximum atomic E-state index is 13.0. The number of benzene rings is 3. The predicted octanol–water partition coefficient (Wildman–Crippen LogP) is 4.96. The number of carbonyl (C=O) groups excluding carboxylic acids is 1. The van der Waals surface area contributed by atoms with E-state index in [2.05, 4.69) is 15.5 Å². The number of hydrazone groups is 1. The molecule has 0 radical (unpaired) electrons. The van der Waals surface area contributed by atoms with E-state index in [1.807, 2.05) is 54.6 Å². The molecule has 4 aromatic rings. The van der Waals surface area contributed by atoms with Gasteiger partial charge in [-0.05, 0) is 36.8 Å². The third-order valence-corrected chi connectivity index (χ3v) is 4.85. The smallest absolute Gasteiger partial charge is 0.267 e. The van der Waals surface area contributed by atoms with Gasteiger partial charge in [-0.25, -0.2) is 10.4 Å². The summed E-state index contributed by atoms with van der Waals surface area (Å²) in [5.74, 6) is -0.364. The van der Waals surface area contributed by atoms with Crippen molar-refractivity contribution in [2.45, 2.75) is 6.92 Å². The van der Waals surface area contributed by atoms with Gasteiger partial charge in [0.05, 0.1) is 27.4 Å². The first-order valence-corrected chi connectivity index (χ1v) is 9.57. The van der Waals surface area contributed by atoms with Crippen LogP contribution in [0.2, 0.25) is 0 Å². The van der Waals surface area contributed by atoms with E-state index in [0.717, 1.165) is 10.9 Å². The van der Waals surface area contributed by atoms with Crippen LogP contribution in [-0.4, -0.2) is 21.5 Å². The predicted molar refractivity (Wildman–Crippen MR) is 120 cm³/mol. The van der Waals surface area contributed by atoms with Gasteiger partial charge in [0.2, 0.25) is 0 Å². The maximum absolute atomic E-state index is 13.0. The molecule has 0 bridgehead atoms. The van der Waals surface area contributed by atoms with Gasteiger partial charge in [0.25, 0.3) is 11.6 Å². The number of nitro groups is 1. The second kappa shape index (κ2) is 8.54. The number of fused-ring (bicyclic) bond motifs is 1. The van der Waals surface area contributed by atoms with Crippen molar-refractivity contribution in [1.82, 2.24) is 10.4 Å². The highest BCUT2D eigenvalue weighted by Crippen LogP contribution is 2.24. The van der Waals surface area contributed by atoms with E-state index in [1.54, 1.807) is 25.1 Å². The molecular weight excluding hydrogens is 392 g/mol. The minimum Gasteiger partial charge on any atom is -0.267 e. The van der Waals surface area contributed by atoms with E-state index in [-0.39, 0.29) is 11.6 Å². The van der Waals surface area contributed by atoms with Crippen molar-refractivity contribution in [3.05, 3.63) is 106 Å². The van der Waals surface area contributed by atoms with Gasteiger partial charge in [-0.1, -0.05) is 48.5 Å². The zero-order valence-electron chi connectivity index (χ0n) is 16.6. The number of amides is 1. The quantitative estimate of drug-likeness (QED) is 0.285. The van der Waals surface area contributed by atoms with Gasteiger partial charge in [-0.3, -0.25) is 14.9 Å². The Morgan fingerprint density at radius 2 is 1.65 bits per heavy atom. The highest BCUT2D eigenvalue weighted by Gasteiger charge is 2.14. The molecule has 0 aliphatic heterocycles. The number of rotatable bonds is 5. The van der Waals surface area contributed by atoms with Crippen molar-refractivity contribution in [3.8, 4) is 11.3 Å². The topological polar surface area (TPSA) is 97.5 Å². The van der Waals surface area contributed by atoms with Gasteiger partial charge in [-0.15, -0.1) is 0 Å². The molecule has 152 valence electrons. The molecular formula is C24H18N4O3. The van der Waals surface area contributed by atoms with Crippen LogP contribution in [0.3, 0.4) is 0 Å². The zero-order chi connectivity index (χ0) is 21.8. The minimum atomic E-state index is -0.461. The number of pyridine rings is 1. The minimum absolute atomic E-state index is 0.00252. The molecule has 0 fully saturated rings. The SMILES string of the molecule is C/C(=N/NC(=O)c1cc(-c2ccccc2)nc2ccccc12)c1ccc([N+](=O)[O-])cc1. The third-order valence-electron chi connectivity index (χ3n) is 4.85. The summed E-state index contributed by atoms with van der Waals surface area (Å²) < 4.78 is 0. The van der Waals surface area contributed by atoms with Crippen molar-refractivity contribution in [1.29, 1.82) is 0 Å². The van der Waals surface area contributed by atoms with Crippen LogP contribution in [0.15, 0.2) is 90.0 Å². The van der Waals surface area contributed by atoms with Gasteiger partial charge in [0.15, 0.2) is 0 Å². The normalized spacial score (nSPS) is 11.3. The fraction of sp³-hybridized carbons (Fsp3) is 0.0417. The monoisotopic (exact) mass is 410 g/mol. The molecule has 0 aliphatic carbocycles. The van der Waals surface area contributed by atoms with Crippen LogP contribution >= 0.6 is 0 Å². The summed E-state index contributed by atoms with van der Waals surface area (Å²) in [5.41, 5.74) is 6.58. The number of nitrogens with one attached hydrogen (secondary N) is 1. The van der Waals surface area contributed by atoms with E-state index in [0.29, 0.717) is 28.0 Å². The molecule has 7 nitrogen and oxygen atoms in total. The molecule has 0 aliphatic rings. The Hall–Kier alpha value is -4.39. The Kier molecular flexibility index (Phi) is 5.49. The molecule has 1 amide bonds. The Balaban J connectivity index is 1.65. The van der Waals surface area contributed by atoms with Crippen molar-refractivity contribution in [3.63, 3.8) is 0 Å². The van der Waals surface area contributed by atoms with Crippen LogP contribution in [0.25, 0.3) is 22.2 Å². The molecule has 31 heavy (non-hydrogen) atoms. The molecule has 7 heteroatoms. The zero-order valence-corrected chi connectivity index (χ0v) is 16.6. The average molecular weight is 410 g/mol. The highest BCUT2D eigenvalue weighted by atomic mass is 16.6. The summed E-state index contributed by atoms with van der Waals surface area (Å²) in [5, 5.41) is 15.7. The average Bonchev–Trinajstić information content (AvgIpc) is 2.82. The molecule has 0 unspecified atom stereocenters. The van der Waals surface area contributed by atoms with Gasteiger partial charge < -0.3 is 0 Å². The molecule has 0 saturated heterocycles. The van der Waals surface area contributed by atoms with Crippen LogP contribution in [0, 0.1) is 10.1 Å². The van der Waals surface area contributed by atoms with Crippen LogP contribution in [0.5, 0.6) is 0 Å². The lowest BCUT2D eigenvalue weighted by Crippen LogP contribution is -2.20. The number of nitrogens with zero attached hydrogens (tertiary/aromatic N) is 3. The number of carbonyl (C=O) groups is 1. The standard InChI is InChI=1S/C24H18N4O3/c1-16(17-11-13-19(14-12-17)28(30)31)26-27-24(29)21-15-23(18-7-3-2-4-8-18)25-22-10-6-5-9-20(21)22/h2-15H,1H3,(H,27,29)/b26-16-. The largest absolute Gasteiger partial charge is 0.272 e. The summed E-state index contributed by atoms with van der Waals surface area (Å²) in [6, 6.07) is 24.8. The molecule has 1 aromatic heterocycles. The molecule has 3 aromatic carbocycles. The van der Waals surface area contributed by atoms with Gasteiger partial charge in [-0.2, -0.15) is 5.10 Å². The molecule has 0 atom stereocenters. The lowest BCUT2D eigenvalue weighted by molar-refractivity contribution is -0.384. The first kappa shape index (κ1) is 19.9. The number of nitro benzene ring substituents is 1. The van der Waals surface area contributed by atoms with E-state index in [9.17, 15) is 14.9 Å². The maximum Gasteiger partial charge on any atom is 0.272 e. The lowest BCUT2D eigenvalue weighted by Gasteiger charge is -2.09. The first-order valence-electron chi connectivity index (χ1n) is 9.57. The summed E-state index contributed by atoms with van der Waals surface area (Å²) in [6.07, 6.45) is 0. The van der Waals surface area contributed by atoms with Crippen molar-refractivity contribution in [2.75, 3.05) is 0 Å². The summed E-state index contributed by atoms with van der Waals surface area (Å²) in [6.45, 7) is 1.72. The van der Waals surface area contributed by atoms with Crippen molar-refractivity contribution in [2.24, 2.45) is 5.10 Å². The first-order chi connectivity index (χ1) is 15.0. The third kappa shape index (κ3) is 4.30. The second-order valence-corrected chi connectivity index (χ2v) is 6.88. The van der Waals surface area contributed by atoms with Crippen molar-refractivity contribution >= 4 is 28.2 Å². The number of hydrogen-bond donors (Lipinski definition) is 1. The summed E-state index contributed by atoms with van der Waals surface area (Å²) in [4.78, 5) is 28.0. The Labute approximate surface area is 178 Å². The Bertz CT molecular complexity index is 1300. The number of aromatic nitrogens is 1. The molecule has 1 heterocycles. The second-order valence-electron chi connectivity index (χ2n) is 6.88. The van der Waals surface area contributed by atoms with Crippen LogP contribution in [0.1, 0.15) is 22.8 Å². The van der Waals surface area contributed by atoms with Crippen molar-refractivity contribution < 1.29 is 9.72 Å². The van der Waals surface area contributed by atoms with E-state index < -0.39 is 4.92 Å². The molecule has 4 rings (SSSR count). The fourth-order valence-electron chi connectivity index (χ4n) is 3.20.